The fourth-order valence-electron chi connectivity index (χ4n) is 2.13. The normalized spacial score (nSPS) is 24.2. The Kier molecular flexibility index (Phi) is 6.05. The molecule has 1 rings (SSSR count). The summed E-state index contributed by atoms with van der Waals surface area (Å²) in [5.41, 5.74) is 5.78. The average Bonchev–Trinajstić information content (AvgIpc) is 2.31. The first-order valence-electron chi connectivity index (χ1n) is 6.86. The Hall–Kier alpha value is -0.650. The van der Waals surface area contributed by atoms with Gasteiger partial charge in [-0.1, -0.05) is 13.8 Å². The molecule has 0 saturated carbocycles. The molecule has 2 atom stereocenters. The quantitative estimate of drug-likeness (QED) is 0.710. The summed E-state index contributed by atoms with van der Waals surface area (Å²) in [5, 5.41) is 3.05. The van der Waals surface area contributed by atoms with Crippen LogP contribution in [0.1, 0.15) is 20.8 Å². The molecule has 1 fully saturated rings. The number of hydrogen-bond acceptors (Lipinski definition) is 4. The van der Waals surface area contributed by atoms with Crippen molar-refractivity contribution in [2.24, 2.45) is 11.7 Å². The van der Waals surface area contributed by atoms with E-state index in [1.54, 1.807) is 0 Å². The van der Waals surface area contributed by atoms with Gasteiger partial charge in [0.25, 0.3) is 0 Å². The molecule has 0 aromatic carbocycles. The molecule has 2 unspecified atom stereocenters. The van der Waals surface area contributed by atoms with Crippen molar-refractivity contribution in [2.75, 3.05) is 39.8 Å². The Morgan fingerprint density at radius 2 is 2.06 bits per heavy atom. The summed E-state index contributed by atoms with van der Waals surface area (Å²) >= 11 is 0. The van der Waals surface area contributed by atoms with Crippen LogP contribution >= 0.6 is 0 Å². The summed E-state index contributed by atoms with van der Waals surface area (Å²) in [4.78, 5) is 16.4. The van der Waals surface area contributed by atoms with Crippen LogP contribution in [0.25, 0.3) is 0 Å². The van der Waals surface area contributed by atoms with Crippen molar-refractivity contribution in [2.45, 2.75) is 32.9 Å². The maximum Gasteiger partial charge on any atom is 0.234 e. The Morgan fingerprint density at radius 1 is 1.39 bits per heavy atom. The minimum atomic E-state index is 0.110. The molecule has 0 radical (unpaired) electrons. The molecule has 1 aliphatic rings. The molecule has 0 bridgehead atoms. The zero-order chi connectivity index (χ0) is 13.7. The van der Waals surface area contributed by atoms with Gasteiger partial charge >= 0.3 is 0 Å². The third kappa shape index (κ3) is 4.55. The molecule has 3 N–H and O–H groups in total. The molecule has 0 aromatic heterocycles. The van der Waals surface area contributed by atoms with E-state index in [9.17, 15) is 4.79 Å². The van der Waals surface area contributed by atoms with Crippen LogP contribution in [-0.4, -0.2) is 67.6 Å². The summed E-state index contributed by atoms with van der Waals surface area (Å²) in [5.74, 6) is 0.575. The van der Waals surface area contributed by atoms with Gasteiger partial charge in [-0.15, -0.1) is 0 Å². The topological polar surface area (TPSA) is 61.6 Å². The molecule has 106 valence electrons. The van der Waals surface area contributed by atoms with E-state index in [1.807, 2.05) is 6.92 Å². The number of carbonyl (C=O) groups is 1. The van der Waals surface area contributed by atoms with Crippen LogP contribution in [0.2, 0.25) is 0 Å². The molecule has 1 amide bonds. The third-order valence-corrected chi connectivity index (χ3v) is 3.82. The predicted octanol–water partition coefficient (Wildman–Crippen LogP) is -0.278. The number of hydrogen-bond donors (Lipinski definition) is 2. The molecule has 1 saturated heterocycles. The Morgan fingerprint density at radius 3 is 2.61 bits per heavy atom. The van der Waals surface area contributed by atoms with Crippen molar-refractivity contribution in [3.8, 4) is 0 Å². The second kappa shape index (κ2) is 7.07. The summed E-state index contributed by atoms with van der Waals surface area (Å²) in [6.07, 6.45) is 0. The summed E-state index contributed by atoms with van der Waals surface area (Å²) < 4.78 is 0. The summed E-state index contributed by atoms with van der Waals surface area (Å²) in [6.45, 7) is 10.2. The van der Waals surface area contributed by atoms with Crippen LogP contribution in [0.5, 0.6) is 0 Å². The predicted molar refractivity (Wildman–Crippen MR) is 74.4 cm³/mol. The maximum atomic E-state index is 12.0. The second-order valence-electron chi connectivity index (χ2n) is 5.72. The van der Waals surface area contributed by atoms with E-state index in [1.165, 1.54) is 0 Å². The molecule has 5 nitrogen and oxygen atoms in total. The first-order valence-corrected chi connectivity index (χ1v) is 6.86. The van der Waals surface area contributed by atoms with Crippen LogP contribution in [0.4, 0.5) is 0 Å². The average molecular weight is 256 g/mol. The van der Waals surface area contributed by atoms with Gasteiger partial charge in [0.05, 0.1) is 6.54 Å². The van der Waals surface area contributed by atoms with Crippen LogP contribution in [0.15, 0.2) is 0 Å². The summed E-state index contributed by atoms with van der Waals surface area (Å²) in [6, 6.07) is 0.519. The van der Waals surface area contributed by atoms with Gasteiger partial charge in [0.1, 0.15) is 0 Å². The first kappa shape index (κ1) is 15.4. The minimum absolute atomic E-state index is 0.110. The molecule has 1 heterocycles. The highest BCUT2D eigenvalue weighted by molar-refractivity contribution is 5.78. The van der Waals surface area contributed by atoms with Gasteiger partial charge in [-0.25, -0.2) is 0 Å². The number of amides is 1. The zero-order valence-corrected chi connectivity index (χ0v) is 12.1. The van der Waals surface area contributed by atoms with Gasteiger partial charge in [0, 0.05) is 38.3 Å². The fraction of sp³-hybridized carbons (Fsp3) is 0.923. The molecule has 0 spiro atoms. The zero-order valence-electron chi connectivity index (χ0n) is 12.1. The van der Waals surface area contributed by atoms with Crippen LogP contribution in [0, 0.1) is 5.92 Å². The van der Waals surface area contributed by atoms with E-state index in [0.717, 1.165) is 19.6 Å². The minimum Gasteiger partial charge on any atom is -0.352 e. The molecular formula is C13H28N4O. The van der Waals surface area contributed by atoms with Crippen molar-refractivity contribution in [1.29, 1.82) is 0 Å². The molecule has 18 heavy (non-hydrogen) atoms. The van der Waals surface area contributed by atoms with E-state index in [4.69, 9.17) is 5.73 Å². The Labute approximate surface area is 111 Å². The number of likely N-dealkylation sites (N-methyl/N-ethyl adjacent to an activating group) is 1. The number of nitrogens with two attached hydrogens (primary N) is 1. The van der Waals surface area contributed by atoms with Gasteiger partial charge in [0.15, 0.2) is 0 Å². The fourth-order valence-corrected chi connectivity index (χ4v) is 2.13. The van der Waals surface area contributed by atoms with E-state index >= 15 is 0 Å². The number of piperazine rings is 1. The van der Waals surface area contributed by atoms with Crippen LogP contribution in [-0.2, 0) is 4.79 Å². The lowest BCUT2D eigenvalue weighted by molar-refractivity contribution is -0.124. The largest absolute Gasteiger partial charge is 0.352 e. The highest BCUT2D eigenvalue weighted by Crippen LogP contribution is 2.07. The van der Waals surface area contributed by atoms with E-state index in [-0.39, 0.29) is 11.9 Å². The van der Waals surface area contributed by atoms with Gasteiger partial charge in [-0.3, -0.25) is 9.69 Å². The monoisotopic (exact) mass is 256 g/mol. The number of nitrogens with zero attached hydrogens (tertiary/aromatic N) is 2. The van der Waals surface area contributed by atoms with Crippen molar-refractivity contribution in [3.05, 3.63) is 0 Å². The standard InChI is InChI=1S/C13H28N4O/c1-10(2)11(3)15-13(18)9-17-6-5-16(4)8-12(17)7-14/h10-12H,5-9,14H2,1-4H3,(H,15,18). The lowest BCUT2D eigenvalue weighted by Crippen LogP contribution is -2.57. The van der Waals surface area contributed by atoms with Crippen LogP contribution < -0.4 is 11.1 Å². The van der Waals surface area contributed by atoms with Crippen molar-refractivity contribution >= 4 is 5.91 Å². The van der Waals surface area contributed by atoms with E-state index in [0.29, 0.717) is 25.0 Å². The molecule has 1 aliphatic heterocycles. The van der Waals surface area contributed by atoms with Gasteiger partial charge in [0.2, 0.25) is 5.91 Å². The van der Waals surface area contributed by atoms with Crippen LogP contribution in [0.3, 0.4) is 0 Å². The second-order valence-corrected chi connectivity index (χ2v) is 5.72. The number of nitrogens with one attached hydrogen (secondary N) is 1. The Balaban J connectivity index is 2.43. The first-order chi connectivity index (χ1) is 8.43. The smallest absolute Gasteiger partial charge is 0.234 e. The van der Waals surface area contributed by atoms with Crippen molar-refractivity contribution in [1.82, 2.24) is 15.1 Å². The molecule has 0 aromatic rings. The maximum absolute atomic E-state index is 12.0. The lowest BCUT2D eigenvalue weighted by Gasteiger charge is -2.39. The van der Waals surface area contributed by atoms with Gasteiger partial charge in [-0.2, -0.15) is 0 Å². The molecule has 5 heteroatoms. The summed E-state index contributed by atoms with van der Waals surface area (Å²) in [7, 11) is 2.10. The highest BCUT2D eigenvalue weighted by Gasteiger charge is 2.26. The molecular weight excluding hydrogens is 228 g/mol. The van der Waals surface area contributed by atoms with Crippen molar-refractivity contribution in [3.63, 3.8) is 0 Å². The number of carbonyl (C=O) groups excluding carboxylic acids is 1. The SMILES string of the molecule is CC(C)C(C)NC(=O)CN1CCN(C)CC1CN. The van der Waals surface area contributed by atoms with Gasteiger partial charge in [-0.05, 0) is 19.9 Å². The Bertz CT molecular complexity index is 270. The van der Waals surface area contributed by atoms with E-state index in [2.05, 4.69) is 36.0 Å². The van der Waals surface area contributed by atoms with Crippen molar-refractivity contribution < 1.29 is 4.79 Å². The van der Waals surface area contributed by atoms with Gasteiger partial charge < -0.3 is 16.0 Å². The van der Waals surface area contributed by atoms with E-state index < -0.39 is 0 Å². The third-order valence-electron chi connectivity index (χ3n) is 3.82. The highest BCUT2D eigenvalue weighted by atomic mass is 16.2. The molecule has 0 aliphatic carbocycles. The lowest BCUT2D eigenvalue weighted by atomic mass is 10.1. The number of rotatable bonds is 5.